The zero-order valence-corrected chi connectivity index (χ0v) is 12.7. The van der Waals surface area contributed by atoms with Crippen molar-refractivity contribution in [2.24, 2.45) is 0 Å². The van der Waals surface area contributed by atoms with E-state index in [2.05, 4.69) is 31.5 Å². The maximum atomic E-state index is 12.2. The van der Waals surface area contributed by atoms with Gasteiger partial charge in [0.2, 0.25) is 0 Å². The molecule has 0 atom stereocenters. The second-order valence-corrected chi connectivity index (χ2v) is 4.83. The molecule has 0 saturated heterocycles. The number of benzene rings is 1. The van der Waals surface area contributed by atoms with Crippen LogP contribution in [0.2, 0.25) is 0 Å². The van der Waals surface area contributed by atoms with Gasteiger partial charge in [-0.3, -0.25) is 9.78 Å². The Morgan fingerprint density at radius 2 is 2.15 bits per heavy atom. The Hall–Kier alpha value is -2.08. The minimum atomic E-state index is -0.223. The van der Waals surface area contributed by atoms with Gasteiger partial charge >= 0.3 is 0 Å². The summed E-state index contributed by atoms with van der Waals surface area (Å²) in [6.07, 6.45) is 3.16. The predicted molar refractivity (Wildman–Crippen MR) is 82.4 cm³/mol. The predicted octanol–water partition coefficient (Wildman–Crippen LogP) is 3.15. The van der Waals surface area contributed by atoms with E-state index in [1.54, 1.807) is 44.6 Å². The number of anilines is 2. The van der Waals surface area contributed by atoms with Crippen molar-refractivity contribution < 1.29 is 9.53 Å². The Morgan fingerprint density at radius 1 is 1.35 bits per heavy atom. The van der Waals surface area contributed by atoms with E-state index in [0.717, 1.165) is 10.2 Å². The van der Waals surface area contributed by atoms with Crippen LogP contribution in [0.3, 0.4) is 0 Å². The fourth-order valence-corrected chi connectivity index (χ4v) is 2.28. The Kier molecular flexibility index (Phi) is 4.57. The number of amides is 1. The van der Waals surface area contributed by atoms with Gasteiger partial charge in [0.15, 0.2) is 0 Å². The van der Waals surface area contributed by atoms with E-state index in [-0.39, 0.29) is 5.91 Å². The first-order valence-corrected chi connectivity index (χ1v) is 6.71. The van der Waals surface area contributed by atoms with Crippen molar-refractivity contribution in [3.05, 3.63) is 46.7 Å². The summed E-state index contributed by atoms with van der Waals surface area (Å²) in [4.78, 5) is 16.2. The highest BCUT2D eigenvalue weighted by Gasteiger charge is 2.11. The van der Waals surface area contributed by atoms with Crippen LogP contribution >= 0.6 is 15.9 Å². The number of methoxy groups -OCH3 is 1. The summed E-state index contributed by atoms with van der Waals surface area (Å²) in [5.41, 5.74) is 1.89. The number of rotatable bonds is 4. The minimum absolute atomic E-state index is 0.223. The van der Waals surface area contributed by atoms with Gasteiger partial charge in [-0.05, 0) is 40.2 Å². The first kappa shape index (κ1) is 14.3. The summed E-state index contributed by atoms with van der Waals surface area (Å²) in [5.74, 6) is 0.486. The third-order valence-electron chi connectivity index (χ3n) is 2.74. The quantitative estimate of drug-likeness (QED) is 0.900. The van der Waals surface area contributed by atoms with Gasteiger partial charge in [0.25, 0.3) is 5.91 Å². The minimum Gasteiger partial charge on any atom is -0.496 e. The number of nitrogens with one attached hydrogen (secondary N) is 2. The van der Waals surface area contributed by atoms with Crippen LogP contribution in [0.5, 0.6) is 5.75 Å². The lowest BCUT2D eigenvalue weighted by atomic mass is 10.2. The molecule has 0 unspecified atom stereocenters. The lowest BCUT2D eigenvalue weighted by Crippen LogP contribution is -2.14. The Morgan fingerprint density at radius 3 is 2.80 bits per heavy atom. The van der Waals surface area contributed by atoms with Gasteiger partial charge in [-0.25, -0.2) is 0 Å². The fourth-order valence-electron chi connectivity index (χ4n) is 1.74. The van der Waals surface area contributed by atoms with E-state index in [1.807, 2.05) is 0 Å². The fraction of sp³-hybridized carbons (Fsp3) is 0.143. The van der Waals surface area contributed by atoms with Crippen LogP contribution in [0.4, 0.5) is 11.4 Å². The maximum absolute atomic E-state index is 12.2. The lowest BCUT2D eigenvalue weighted by Gasteiger charge is -2.10. The summed E-state index contributed by atoms with van der Waals surface area (Å²) in [5, 5.41) is 5.78. The zero-order valence-electron chi connectivity index (χ0n) is 11.1. The summed E-state index contributed by atoms with van der Waals surface area (Å²) in [6, 6.07) is 7.09. The van der Waals surface area contributed by atoms with Crippen molar-refractivity contribution in [1.82, 2.24) is 4.98 Å². The van der Waals surface area contributed by atoms with E-state index in [1.165, 1.54) is 6.20 Å². The summed E-state index contributed by atoms with van der Waals surface area (Å²) in [7, 11) is 3.35. The Labute approximate surface area is 125 Å². The number of pyridine rings is 1. The average Bonchev–Trinajstić information content (AvgIpc) is 2.47. The molecule has 2 N–H and O–H groups in total. The van der Waals surface area contributed by atoms with Crippen molar-refractivity contribution in [2.45, 2.75) is 0 Å². The summed E-state index contributed by atoms with van der Waals surface area (Å²) in [6.45, 7) is 0. The molecule has 0 aliphatic rings. The summed E-state index contributed by atoms with van der Waals surface area (Å²) >= 11 is 3.38. The number of hydrogen-bond acceptors (Lipinski definition) is 4. The largest absolute Gasteiger partial charge is 0.496 e. The molecule has 1 heterocycles. The third-order valence-corrected chi connectivity index (χ3v) is 3.36. The highest BCUT2D eigenvalue weighted by atomic mass is 79.9. The molecule has 0 aliphatic heterocycles. The molecule has 1 amide bonds. The molecule has 0 fully saturated rings. The molecule has 20 heavy (non-hydrogen) atoms. The third kappa shape index (κ3) is 3.08. The number of aromatic nitrogens is 1. The molecule has 6 heteroatoms. The van der Waals surface area contributed by atoms with Crippen molar-refractivity contribution >= 4 is 33.2 Å². The molecule has 0 spiro atoms. The number of carbonyl (C=O) groups is 1. The molecule has 1 aromatic carbocycles. The van der Waals surface area contributed by atoms with Gasteiger partial charge in [-0.15, -0.1) is 0 Å². The molecule has 5 nitrogen and oxygen atoms in total. The average molecular weight is 336 g/mol. The van der Waals surface area contributed by atoms with Crippen molar-refractivity contribution in [3.63, 3.8) is 0 Å². The molecule has 0 aliphatic carbocycles. The molecule has 0 radical (unpaired) electrons. The molecule has 2 aromatic rings. The van der Waals surface area contributed by atoms with Gasteiger partial charge in [0, 0.05) is 30.8 Å². The normalized spacial score (nSPS) is 9.95. The van der Waals surface area contributed by atoms with Gasteiger partial charge in [0.1, 0.15) is 5.75 Å². The monoisotopic (exact) mass is 335 g/mol. The number of halogens is 1. The Bertz CT molecular complexity index is 632. The van der Waals surface area contributed by atoms with Crippen LogP contribution < -0.4 is 15.4 Å². The van der Waals surface area contributed by atoms with Crippen LogP contribution in [-0.2, 0) is 0 Å². The second kappa shape index (κ2) is 6.38. The van der Waals surface area contributed by atoms with Crippen LogP contribution in [-0.4, -0.2) is 25.0 Å². The lowest BCUT2D eigenvalue weighted by molar-refractivity contribution is 0.102. The smallest absolute Gasteiger partial charge is 0.259 e. The zero-order chi connectivity index (χ0) is 14.5. The first-order chi connectivity index (χ1) is 9.65. The molecule has 0 bridgehead atoms. The molecule has 0 saturated carbocycles. The van der Waals surface area contributed by atoms with E-state index in [0.29, 0.717) is 17.0 Å². The molecule has 104 valence electrons. The van der Waals surface area contributed by atoms with Gasteiger partial charge in [0.05, 0.1) is 17.1 Å². The number of hydrogen-bond donors (Lipinski definition) is 2. The number of carbonyl (C=O) groups excluding carboxylic acids is 1. The second-order valence-electron chi connectivity index (χ2n) is 3.97. The number of ether oxygens (including phenoxy) is 1. The van der Waals surface area contributed by atoms with Crippen LogP contribution in [0.1, 0.15) is 10.4 Å². The molecular formula is C14H14BrN3O2. The van der Waals surface area contributed by atoms with Crippen molar-refractivity contribution in [3.8, 4) is 5.75 Å². The van der Waals surface area contributed by atoms with E-state index in [9.17, 15) is 4.79 Å². The van der Waals surface area contributed by atoms with Gasteiger partial charge in [-0.2, -0.15) is 0 Å². The van der Waals surface area contributed by atoms with Crippen LogP contribution in [0, 0.1) is 0 Å². The molecule has 2 rings (SSSR count). The standard InChI is InChI=1S/C14H14BrN3O2/c1-16-12-5-6-17-8-10(12)14(19)18-9-3-4-13(20-2)11(15)7-9/h3-8H,1-2H3,(H,16,17)(H,18,19). The topological polar surface area (TPSA) is 63.2 Å². The van der Waals surface area contributed by atoms with Crippen LogP contribution in [0.15, 0.2) is 41.1 Å². The Balaban J connectivity index is 2.21. The highest BCUT2D eigenvalue weighted by Crippen LogP contribution is 2.28. The summed E-state index contributed by atoms with van der Waals surface area (Å²) < 4.78 is 5.92. The number of nitrogens with zero attached hydrogens (tertiary/aromatic N) is 1. The van der Waals surface area contributed by atoms with E-state index < -0.39 is 0 Å². The van der Waals surface area contributed by atoms with Gasteiger partial charge in [-0.1, -0.05) is 0 Å². The van der Waals surface area contributed by atoms with Crippen molar-refractivity contribution in [2.75, 3.05) is 24.8 Å². The van der Waals surface area contributed by atoms with Gasteiger partial charge < -0.3 is 15.4 Å². The van der Waals surface area contributed by atoms with E-state index >= 15 is 0 Å². The van der Waals surface area contributed by atoms with Crippen molar-refractivity contribution in [1.29, 1.82) is 0 Å². The highest BCUT2D eigenvalue weighted by molar-refractivity contribution is 9.10. The van der Waals surface area contributed by atoms with Crippen LogP contribution in [0.25, 0.3) is 0 Å². The first-order valence-electron chi connectivity index (χ1n) is 5.92. The molecular weight excluding hydrogens is 322 g/mol. The molecule has 1 aromatic heterocycles. The maximum Gasteiger partial charge on any atom is 0.259 e. The SMILES string of the molecule is CNc1ccncc1C(=O)Nc1ccc(OC)c(Br)c1. The van der Waals surface area contributed by atoms with E-state index in [4.69, 9.17) is 4.74 Å².